The number of aromatic nitrogens is 5. The molecule has 0 aliphatic heterocycles. The molecule has 2 heterocycles. The molecule has 0 bridgehead atoms. The average molecular weight is 217 g/mol. The van der Waals surface area contributed by atoms with Crippen LogP contribution in [0.2, 0.25) is 0 Å². The third kappa shape index (κ3) is 2.63. The largest absolute Gasteiger partial charge is 0.394 e. The van der Waals surface area contributed by atoms with Gasteiger partial charge in [0.15, 0.2) is 13.7 Å². The molecule has 0 spiro atoms. The Morgan fingerprint density at radius 1 is 1.38 bits per heavy atom. The molecule has 2 rings (SSSR count). The van der Waals surface area contributed by atoms with E-state index in [0.717, 1.165) is 11.3 Å². The number of aliphatic hydroxyl groups excluding tert-OH is 1. The number of rotatable bonds is 4. The lowest BCUT2D eigenvalue weighted by atomic mass is 10.0. The highest BCUT2D eigenvalue weighted by Gasteiger charge is 2.04. The van der Waals surface area contributed by atoms with E-state index in [1.807, 2.05) is 26.0 Å². The van der Waals surface area contributed by atoms with Crippen LogP contribution < -0.4 is 5.59 Å². The van der Waals surface area contributed by atoms with Crippen molar-refractivity contribution in [3.63, 3.8) is 0 Å². The lowest BCUT2D eigenvalue weighted by Gasteiger charge is -1.97. The van der Waals surface area contributed by atoms with Gasteiger partial charge in [-0.05, 0) is 16.9 Å². The molecule has 7 heteroatoms. The van der Waals surface area contributed by atoms with Gasteiger partial charge in [-0.2, -0.15) is 4.80 Å². The van der Waals surface area contributed by atoms with Gasteiger partial charge in [-0.3, -0.25) is 4.98 Å². The Labute approximate surface area is 93.7 Å². The molecule has 0 radical (unpaired) electrons. The first-order valence-electron chi connectivity index (χ1n) is 5.08. The second kappa shape index (κ2) is 4.85. The van der Waals surface area contributed by atoms with Crippen molar-refractivity contribution >= 4 is 13.4 Å². The van der Waals surface area contributed by atoms with Crippen molar-refractivity contribution < 1.29 is 5.11 Å². The quantitative estimate of drug-likeness (QED) is 0.594. The summed E-state index contributed by atoms with van der Waals surface area (Å²) in [5.41, 5.74) is 1.89. The predicted molar refractivity (Wildman–Crippen MR) is 60.1 cm³/mol. The number of hydrogen-bond acceptors (Lipinski definition) is 5. The predicted octanol–water partition coefficient (Wildman–Crippen LogP) is -2.09. The molecule has 0 aromatic carbocycles. The van der Waals surface area contributed by atoms with E-state index in [2.05, 4.69) is 20.4 Å². The minimum atomic E-state index is 0.0124. The molecule has 0 saturated carbocycles. The smallest absolute Gasteiger partial charge is 0.180 e. The fraction of sp³-hybridized carbons (Fsp3) is 0.333. The molecule has 0 aliphatic carbocycles. The van der Waals surface area contributed by atoms with E-state index in [4.69, 9.17) is 5.11 Å². The highest BCUT2D eigenvalue weighted by Crippen LogP contribution is 1.98. The fourth-order valence-corrected chi connectivity index (χ4v) is 1.39. The maximum Gasteiger partial charge on any atom is 0.180 e. The summed E-state index contributed by atoms with van der Waals surface area (Å²) in [6, 6.07) is 5.83. The Hall–Kier alpha value is -1.76. The van der Waals surface area contributed by atoms with Crippen molar-refractivity contribution in [2.45, 2.75) is 13.0 Å². The van der Waals surface area contributed by atoms with Crippen LogP contribution in [-0.2, 0) is 13.0 Å². The molecule has 0 atom stereocenters. The van der Waals surface area contributed by atoms with E-state index >= 15 is 0 Å². The van der Waals surface area contributed by atoms with Crippen LogP contribution in [0.25, 0.3) is 0 Å². The van der Waals surface area contributed by atoms with E-state index in [1.54, 1.807) is 0 Å². The van der Waals surface area contributed by atoms with Crippen LogP contribution >= 0.6 is 0 Å². The van der Waals surface area contributed by atoms with Gasteiger partial charge in [-0.25, -0.2) is 0 Å². The number of tetrazole rings is 1. The molecule has 2 aromatic rings. The van der Waals surface area contributed by atoms with Crippen LogP contribution in [0.4, 0.5) is 0 Å². The lowest BCUT2D eigenvalue weighted by Crippen LogP contribution is -2.10. The lowest BCUT2D eigenvalue weighted by molar-refractivity contribution is 0.259. The first-order valence-corrected chi connectivity index (χ1v) is 5.08. The Bertz CT molecular complexity index is 472. The summed E-state index contributed by atoms with van der Waals surface area (Å²) in [5, 5.41) is 20.5. The maximum atomic E-state index is 8.71. The van der Waals surface area contributed by atoms with Gasteiger partial charge in [-0.1, -0.05) is 12.1 Å². The molecule has 82 valence electrons. The van der Waals surface area contributed by atoms with Gasteiger partial charge in [0.25, 0.3) is 0 Å². The van der Waals surface area contributed by atoms with Crippen LogP contribution in [0.1, 0.15) is 11.5 Å². The molecule has 2 aromatic heterocycles. The van der Waals surface area contributed by atoms with E-state index in [9.17, 15) is 0 Å². The number of aliphatic hydroxyl groups is 1. The minimum absolute atomic E-state index is 0.0124. The van der Waals surface area contributed by atoms with Crippen LogP contribution in [-0.4, -0.2) is 44.8 Å². The van der Waals surface area contributed by atoms with E-state index in [0.29, 0.717) is 18.8 Å². The van der Waals surface area contributed by atoms with Crippen molar-refractivity contribution in [2.24, 2.45) is 0 Å². The molecular weight excluding hydrogens is 205 g/mol. The van der Waals surface area contributed by atoms with Gasteiger partial charge in [0, 0.05) is 5.69 Å². The van der Waals surface area contributed by atoms with Crippen molar-refractivity contribution in [2.75, 3.05) is 6.61 Å². The van der Waals surface area contributed by atoms with Crippen LogP contribution in [0, 0.1) is 0 Å². The second-order valence-electron chi connectivity index (χ2n) is 3.47. The Morgan fingerprint density at radius 3 is 3.00 bits per heavy atom. The first kappa shape index (κ1) is 10.8. The van der Waals surface area contributed by atoms with Gasteiger partial charge >= 0.3 is 0 Å². The van der Waals surface area contributed by atoms with E-state index in [1.165, 1.54) is 4.80 Å². The summed E-state index contributed by atoms with van der Waals surface area (Å²) in [7, 11) is 1.94. The third-order valence-electron chi connectivity index (χ3n) is 2.08. The standard InChI is InChI=1S/C9H12BN5O/c10-8-3-1-2-7(11-8)6-9-12-14-15(13-9)4-5-16/h1-3,16H,4-6,10H2. The summed E-state index contributed by atoms with van der Waals surface area (Å²) in [4.78, 5) is 5.74. The SMILES string of the molecule is Bc1cccc(Cc2nnn(CCO)n2)n1. The topological polar surface area (TPSA) is 76.7 Å². The van der Waals surface area contributed by atoms with E-state index < -0.39 is 0 Å². The van der Waals surface area contributed by atoms with Crippen molar-refractivity contribution in [3.05, 3.63) is 29.7 Å². The third-order valence-corrected chi connectivity index (χ3v) is 2.08. The van der Waals surface area contributed by atoms with Crippen LogP contribution in [0.3, 0.4) is 0 Å². The first-order chi connectivity index (χ1) is 7.78. The molecule has 6 nitrogen and oxygen atoms in total. The molecule has 0 saturated heterocycles. The second-order valence-corrected chi connectivity index (χ2v) is 3.47. The van der Waals surface area contributed by atoms with Crippen LogP contribution in [0.5, 0.6) is 0 Å². The average Bonchev–Trinajstić information content (AvgIpc) is 2.66. The molecule has 1 N–H and O–H groups in total. The Kier molecular flexibility index (Phi) is 3.26. The monoisotopic (exact) mass is 217 g/mol. The summed E-state index contributed by atoms with van der Waals surface area (Å²) >= 11 is 0. The Morgan fingerprint density at radius 2 is 2.25 bits per heavy atom. The van der Waals surface area contributed by atoms with Gasteiger partial charge in [-0.15, -0.1) is 10.2 Å². The highest BCUT2D eigenvalue weighted by molar-refractivity contribution is 6.30. The molecule has 0 fully saturated rings. The number of hydrogen-bond donors (Lipinski definition) is 1. The number of pyridine rings is 1. The summed E-state index contributed by atoms with van der Waals surface area (Å²) in [6.45, 7) is 0.382. The van der Waals surface area contributed by atoms with E-state index in [-0.39, 0.29) is 6.61 Å². The molecule has 0 aliphatic rings. The van der Waals surface area contributed by atoms with Gasteiger partial charge in [0.05, 0.1) is 19.6 Å². The van der Waals surface area contributed by atoms with Gasteiger partial charge < -0.3 is 5.11 Å². The maximum absolute atomic E-state index is 8.71. The van der Waals surface area contributed by atoms with Crippen molar-refractivity contribution in [3.8, 4) is 0 Å². The van der Waals surface area contributed by atoms with Crippen molar-refractivity contribution in [1.29, 1.82) is 0 Å². The molecule has 16 heavy (non-hydrogen) atoms. The fourth-order valence-electron chi connectivity index (χ4n) is 1.39. The summed E-state index contributed by atoms with van der Waals surface area (Å²) in [5.74, 6) is 0.617. The highest BCUT2D eigenvalue weighted by atomic mass is 16.3. The zero-order valence-corrected chi connectivity index (χ0v) is 9.04. The van der Waals surface area contributed by atoms with Gasteiger partial charge in [0.1, 0.15) is 0 Å². The normalized spacial score (nSPS) is 10.6. The summed E-state index contributed by atoms with van der Waals surface area (Å²) < 4.78 is 0. The zero-order chi connectivity index (χ0) is 11.4. The van der Waals surface area contributed by atoms with Crippen LogP contribution in [0.15, 0.2) is 18.2 Å². The number of nitrogens with zero attached hydrogens (tertiary/aromatic N) is 5. The zero-order valence-electron chi connectivity index (χ0n) is 9.04. The minimum Gasteiger partial charge on any atom is -0.394 e. The molecular formula is C9H12BN5O. The molecule has 0 unspecified atom stereocenters. The van der Waals surface area contributed by atoms with Gasteiger partial charge in [0.2, 0.25) is 0 Å². The molecule has 0 amide bonds. The summed E-state index contributed by atoms with van der Waals surface area (Å²) in [6.07, 6.45) is 0.563. The van der Waals surface area contributed by atoms with Crippen molar-refractivity contribution in [1.82, 2.24) is 25.2 Å². The Balaban J connectivity index is 2.08.